The van der Waals surface area contributed by atoms with E-state index in [9.17, 15) is 43.2 Å². The second kappa shape index (κ2) is 35.1. The Balaban J connectivity index is 0.752. The Morgan fingerprint density at radius 2 is 0.761 bits per heavy atom. The number of anilines is 5. The molecule has 0 aliphatic carbocycles. The first-order valence-corrected chi connectivity index (χ1v) is 28.2. The zero-order valence-corrected chi connectivity index (χ0v) is 50.1. The molecule has 9 N–H and O–H groups in total. The summed E-state index contributed by atoms with van der Waals surface area (Å²) in [7, 11) is 8.21. The first kappa shape index (κ1) is 67.5. The highest BCUT2D eigenvalue weighted by Crippen LogP contribution is 2.20. The van der Waals surface area contributed by atoms with Crippen LogP contribution in [0, 0.1) is 0 Å². The molecule has 5 heterocycles. The van der Waals surface area contributed by atoms with Crippen LogP contribution in [0.15, 0.2) is 85.7 Å². The van der Waals surface area contributed by atoms with Crippen LogP contribution >= 0.6 is 0 Å². The van der Waals surface area contributed by atoms with E-state index in [1.807, 2.05) is 0 Å². The number of aromatic nitrogens is 6. The molecule has 0 bridgehead atoms. The molecule has 0 saturated heterocycles. The fraction of sp³-hybridized carbons (Fsp3) is 0.414. The summed E-state index contributed by atoms with van der Waals surface area (Å²) in [5.74, 6) is -2.73. The molecule has 9 amide bonds. The van der Waals surface area contributed by atoms with Gasteiger partial charge in [-0.3, -0.25) is 43.2 Å². The van der Waals surface area contributed by atoms with Crippen molar-refractivity contribution in [2.75, 3.05) is 125 Å². The normalized spacial score (nSPS) is 10.9. The summed E-state index contributed by atoms with van der Waals surface area (Å²) in [5.41, 5.74) is 3.01. The Hall–Kier alpha value is -9.62. The predicted octanol–water partition coefficient (Wildman–Crippen LogP) is 2.15. The molecule has 88 heavy (non-hydrogen) atoms. The van der Waals surface area contributed by atoms with Crippen molar-refractivity contribution in [2.45, 2.75) is 26.2 Å². The highest BCUT2D eigenvalue weighted by molar-refractivity contribution is 6.06. The molecule has 30 nitrogen and oxygen atoms in total. The molecule has 0 fully saturated rings. The van der Waals surface area contributed by atoms with Crippen molar-refractivity contribution in [2.24, 2.45) is 35.2 Å². The van der Waals surface area contributed by atoms with E-state index < -0.39 is 41.4 Å². The Kier molecular flexibility index (Phi) is 26.9. The Bertz CT molecular complexity index is 3320. The molecule has 0 unspecified atom stereocenters. The van der Waals surface area contributed by atoms with Crippen LogP contribution in [0.1, 0.15) is 78.8 Å². The molecule has 0 aliphatic heterocycles. The maximum Gasteiger partial charge on any atom is 0.291 e. The molecule has 1 aromatic carbocycles. The van der Waals surface area contributed by atoms with Crippen molar-refractivity contribution < 1.29 is 71.6 Å². The van der Waals surface area contributed by atoms with Crippen molar-refractivity contribution in [3.63, 3.8) is 0 Å². The van der Waals surface area contributed by atoms with E-state index in [1.165, 1.54) is 51.1 Å². The van der Waals surface area contributed by atoms with E-state index in [0.29, 0.717) is 100 Å². The molecule has 0 atom stereocenters. The average molecular weight is 1220 g/mol. The lowest BCUT2D eigenvalue weighted by Crippen LogP contribution is -2.33. The zero-order valence-electron chi connectivity index (χ0n) is 50.1. The largest absolute Gasteiger partial charge is 0.491 e. The quantitative estimate of drug-likeness (QED) is 0.0251. The van der Waals surface area contributed by atoms with Crippen molar-refractivity contribution >= 4 is 81.6 Å². The van der Waals surface area contributed by atoms with Gasteiger partial charge >= 0.3 is 0 Å². The number of nitrogens with one attached hydrogen (secondary N) is 9. The second-order valence-corrected chi connectivity index (χ2v) is 19.7. The van der Waals surface area contributed by atoms with E-state index >= 15 is 0 Å². The lowest BCUT2D eigenvalue weighted by atomic mass is 10.3. The molecule has 0 spiro atoms. The lowest BCUT2D eigenvalue weighted by molar-refractivity contribution is -0.121. The van der Waals surface area contributed by atoms with Crippen molar-refractivity contribution in [3.8, 4) is 5.75 Å². The molecule has 5 aromatic heterocycles. The smallest absolute Gasteiger partial charge is 0.291 e. The van der Waals surface area contributed by atoms with Crippen molar-refractivity contribution in [1.29, 1.82) is 0 Å². The third-order valence-electron chi connectivity index (χ3n) is 12.7. The minimum atomic E-state index is -0.520. The van der Waals surface area contributed by atoms with Gasteiger partial charge in [0.2, 0.25) is 23.6 Å². The number of carbonyl (C=O) groups excluding carboxylic acids is 9. The van der Waals surface area contributed by atoms with Crippen LogP contribution in [0.5, 0.6) is 5.75 Å². The SMILES string of the molecule is CC(=O)Nc1ccc(OCCOCCOCCOCCOCCOCCNC(=O)CCNC(=O)c2cc(NC(=O)CCNC(=O)c3cc(NC(=O)c4cc(NC(=O)CCNC(=O)c5cc(NC(=O)c6nccn6C)cn5C)cn4C)cn3C)cn2C)cc1. The number of benzene rings is 1. The fourth-order valence-electron chi connectivity index (χ4n) is 8.38. The molecular formula is C58H77N15O15. The highest BCUT2D eigenvalue weighted by Gasteiger charge is 2.20. The molecule has 6 rings (SSSR count). The number of nitrogens with zero attached hydrogens (tertiary/aromatic N) is 6. The summed E-state index contributed by atoms with van der Waals surface area (Å²) in [5, 5.41) is 24.4. The van der Waals surface area contributed by atoms with Gasteiger partial charge in [0.05, 0.1) is 88.8 Å². The molecular weight excluding hydrogens is 1150 g/mol. The molecule has 6 aromatic rings. The van der Waals surface area contributed by atoms with Crippen LogP contribution < -0.4 is 52.6 Å². The van der Waals surface area contributed by atoms with Gasteiger partial charge in [0.15, 0.2) is 5.82 Å². The van der Waals surface area contributed by atoms with Crippen LogP contribution in [-0.2, 0) is 78.1 Å². The molecule has 0 aliphatic rings. The van der Waals surface area contributed by atoms with Crippen LogP contribution in [0.25, 0.3) is 0 Å². The summed E-state index contributed by atoms with van der Waals surface area (Å²) in [6, 6.07) is 13.0. The number of carbonyl (C=O) groups is 9. The lowest BCUT2D eigenvalue weighted by Gasteiger charge is -2.09. The minimum absolute atomic E-state index is 0.00369. The number of hydrogen-bond acceptors (Lipinski definition) is 16. The third kappa shape index (κ3) is 22.7. The first-order chi connectivity index (χ1) is 42.3. The van der Waals surface area contributed by atoms with Gasteiger partial charge in [-0.1, -0.05) is 0 Å². The summed E-state index contributed by atoms with van der Waals surface area (Å²) in [6.07, 6.45) is 9.24. The van der Waals surface area contributed by atoms with Gasteiger partial charge in [-0.05, 0) is 48.5 Å². The standard InChI is InChI=1S/C58H77N15O15/c1-39(74)64-40-7-9-45(10-8-40)88-30-29-87-28-27-86-26-25-85-24-23-84-22-21-83-20-18-59-50(75)11-14-61-54(78)46-31-41(35-70(46)3)65-51(76)12-15-62-55(79)47-33-43(37-71(47)4)67-57(81)49-32-42(36-73(49)6)66-52(77)13-16-63-56(80)48-34-44(38-72(48)5)68-58(82)53-60-17-19-69(53)2/h7-10,17,19,31-38H,11-16,18,20-30H2,1-6H3,(H,59,75)(H,61,78)(H,62,79)(H,63,80)(H,64,74)(H,65,76)(H,66,77)(H,67,81)(H,68,82). The Morgan fingerprint density at radius 3 is 1.17 bits per heavy atom. The molecule has 30 heteroatoms. The van der Waals surface area contributed by atoms with Gasteiger partial charge < -0.3 is 99.1 Å². The maximum absolute atomic E-state index is 13.3. The highest BCUT2D eigenvalue weighted by atomic mass is 16.6. The summed E-state index contributed by atoms with van der Waals surface area (Å²) in [4.78, 5) is 118. The predicted molar refractivity (Wildman–Crippen MR) is 322 cm³/mol. The minimum Gasteiger partial charge on any atom is -0.491 e. The van der Waals surface area contributed by atoms with Crippen molar-refractivity contribution in [3.05, 3.63) is 114 Å². The maximum atomic E-state index is 13.3. The number of amides is 9. The van der Waals surface area contributed by atoms with Gasteiger partial charge in [-0.25, -0.2) is 4.98 Å². The van der Waals surface area contributed by atoms with Crippen LogP contribution in [-0.4, -0.2) is 180 Å². The van der Waals surface area contributed by atoms with Crippen molar-refractivity contribution in [1.82, 2.24) is 49.1 Å². The van der Waals surface area contributed by atoms with Gasteiger partial charge in [0.25, 0.3) is 29.5 Å². The number of hydrogen-bond donors (Lipinski definition) is 9. The topological polar surface area (TPSA) is 355 Å². The number of imidazole rings is 1. The molecule has 474 valence electrons. The van der Waals surface area contributed by atoms with Gasteiger partial charge in [0.1, 0.15) is 35.1 Å². The van der Waals surface area contributed by atoms with E-state index in [0.717, 1.165) is 0 Å². The van der Waals surface area contributed by atoms with E-state index in [-0.39, 0.29) is 92.5 Å². The Labute approximate surface area is 507 Å². The van der Waals surface area contributed by atoms with Gasteiger partial charge in [-0.2, -0.15) is 0 Å². The first-order valence-electron chi connectivity index (χ1n) is 28.2. The number of ether oxygens (including phenoxy) is 6. The third-order valence-corrected chi connectivity index (χ3v) is 12.7. The number of aryl methyl sites for hydroxylation is 5. The Morgan fingerprint density at radius 1 is 0.386 bits per heavy atom. The average Bonchev–Trinajstić information content (AvgIpc) is 4.13. The summed E-state index contributed by atoms with van der Waals surface area (Å²) >= 11 is 0. The van der Waals surface area contributed by atoms with E-state index in [4.69, 9.17) is 28.4 Å². The fourth-order valence-corrected chi connectivity index (χ4v) is 8.38. The van der Waals surface area contributed by atoms with E-state index in [1.54, 1.807) is 99.6 Å². The van der Waals surface area contributed by atoms with Crippen LogP contribution in [0.2, 0.25) is 0 Å². The monoisotopic (exact) mass is 1220 g/mol. The number of rotatable bonds is 38. The second-order valence-electron chi connectivity index (χ2n) is 19.7. The summed E-state index contributed by atoms with van der Waals surface area (Å²) in [6.45, 7) is 6.00. The van der Waals surface area contributed by atoms with Crippen LogP contribution in [0.4, 0.5) is 28.4 Å². The molecule has 0 saturated carbocycles. The van der Waals surface area contributed by atoms with E-state index in [2.05, 4.69) is 52.8 Å². The zero-order chi connectivity index (χ0) is 63.4. The molecule has 0 radical (unpaired) electrons. The van der Waals surface area contributed by atoms with Gasteiger partial charge in [-0.15, -0.1) is 0 Å². The van der Waals surface area contributed by atoms with Gasteiger partial charge in [0, 0.05) is 130 Å². The van der Waals surface area contributed by atoms with Crippen LogP contribution in [0.3, 0.4) is 0 Å². The summed E-state index contributed by atoms with van der Waals surface area (Å²) < 4.78 is 40.8.